The number of rotatable bonds is 9. The molecule has 2 aromatic heterocycles. The molecule has 1 aliphatic rings. The lowest BCUT2D eigenvalue weighted by molar-refractivity contribution is -0.183. The van der Waals surface area contributed by atoms with E-state index in [1.165, 1.54) is 49.6 Å². The first-order valence-electron chi connectivity index (χ1n) is 12.7. The number of furan rings is 1. The number of alkyl halides is 1. The number of hydrogen-bond donors (Lipinski definition) is 1. The Bertz CT molecular complexity index is 1750. The third-order valence-electron chi connectivity index (χ3n) is 5.74. The van der Waals surface area contributed by atoms with Gasteiger partial charge >= 0.3 is 29.6 Å². The molecule has 45 heavy (non-hydrogen) atoms. The Kier molecular flexibility index (Phi) is 9.27. The van der Waals surface area contributed by atoms with Gasteiger partial charge in [0.05, 0.1) is 18.4 Å². The maximum atomic E-state index is 16.2. The van der Waals surface area contributed by atoms with Crippen LogP contribution in [0.3, 0.4) is 0 Å². The Morgan fingerprint density at radius 1 is 1.16 bits per heavy atom. The minimum Gasteiger partial charge on any atom is -0.463 e. The number of aromatic nitrogens is 1. The minimum absolute atomic E-state index is 0.149. The molecule has 4 amide bonds. The van der Waals surface area contributed by atoms with Crippen LogP contribution in [0, 0.1) is 11.3 Å². The largest absolute Gasteiger partial charge is 0.463 e. The zero-order valence-corrected chi connectivity index (χ0v) is 23.2. The monoisotopic (exact) mass is 621 g/mol. The highest BCUT2D eigenvalue weighted by atomic mass is 19.1. The van der Waals surface area contributed by atoms with E-state index in [2.05, 4.69) is 14.9 Å². The van der Waals surface area contributed by atoms with E-state index < -0.39 is 59.1 Å². The lowest BCUT2D eigenvalue weighted by atomic mass is 9.99. The van der Waals surface area contributed by atoms with Crippen molar-refractivity contribution in [3.63, 3.8) is 0 Å². The average Bonchev–Trinajstić information content (AvgIpc) is 3.53. The molecule has 2 atom stereocenters. The van der Waals surface area contributed by atoms with Gasteiger partial charge in [-0.25, -0.2) is 18.8 Å². The number of nitrogens with one attached hydrogen (secondary N) is 1. The van der Waals surface area contributed by atoms with Crippen molar-refractivity contribution in [1.29, 1.82) is 5.26 Å². The molecule has 4 rings (SSSR count). The van der Waals surface area contributed by atoms with Gasteiger partial charge in [-0.05, 0) is 43.3 Å². The quantitative estimate of drug-likeness (QED) is 0.119. The fraction of sp³-hybridized carbons (Fsp3) is 0.179. The van der Waals surface area contributed by atoms with Gasteiger partial charge in [0.15, 0.2) is 0 Å². The molecule has 16 nitrogen and oxygen atoms in total. The zero-order chi connectivity index (χ0) is 32.7. The minimum atomic E-state index is -3.77. The van der Waals surface area contributed by atoms with Crippen molar-refractivity contribution in [3.05, 3.63) is 77.2 Å². The summed E-state index contributed by atoms with van der Waals surface area (Å²) in [6, 6.07) is 9.93. The molecule has 2 unspecified atom stereocenters. The molecular formula is C28H20FN5O11. The van der Waals surface area contributed by atoms with Crippen LogP contribution in [0.1, 0.15) is 45.9 Å². The van der Waals surface area contributed by atoms with Gasteiger partial charge in [-0.3, -0.25) is 19.7 Å². The van der Waals surface area contributed by atoms with Crippen molar-refractivity contribution in [2.75, 3.05) is 6.61 Å². The first-order chi connectivity index (χ1) is 21.5. The predicted molar refractivity (Wildman–Crippen MR) is 143 cm³/mol. The second kappa shape index (κ2) is 13.2. The Morgan fingerprint density at radius 2 is 1.91 bits per heavy atom. The van der Waals surface area contributed by atoms with Gasteiger partial charge in [-0.15, -0.1) is 0 Å². The lowest BCUT2D eigenvalue weighted by Gasteiger charge is -2.37. The Hall–Kier alpha value is -6.44. The van der Waals surface area contributed by atoms with Gasteiger partial charge in [0.1, 0.15) is 23.6 Å². The van der Waals surface area contributed by atoms with Crippen LogP contribution in [0.2, 0.25) is 0 Å². The number of pyridine rings is 1. The summed E-state index contributed by atoms with van der Waals surface area (Å²) in [6.45, 7) is 2.05. The molecule has 0 saturated carbocycles. The van der Waals surface area contributed by atoms with Gasteiger partial charge in [-0.1, -0.05) is 11.2 Å². The summed E-state index contributed by atoms with van der Waals surface area (Å²) in [5.41, 5.74) is -4.80. The summed E-state index contributed by atoms with van der Waals surface area (Å²) < 4.78 is 35.8. The highest BCUT2D eigenvalue weighted by Crippen LogP contribution is 2.29. The number of ether oxygens (including phenoxy) is 3. The first kappa shape index (κ1) is 31.5. The smallest absolute Gasteiger partial charge is 0.360 e. The highest BCUT2D eigenvalue weighted by Gasteiger charge is 2.65. The molecule has 0 aliphatic carbocycles. The molecule has 1 aromatic carbocycles. The summed E-state index contributed by atoms with van der Waals surface area (Å²) in [6.07, 6.45) is -0.0863. The summed E-state index contributed by atoms with van der Waals surface area (Å²) in [7, 11) is 0. The summed E-state index contributed by atoms with van der Waals surface area (Å²) >= 11 is 0. The number of benzene rings is 1. The SMILES string of the molecule is CCOC(=O)C1(F)C(=O)N(C(=O)c2cccc(C(=O)Oc3nc(OC(C)=O)ccc3C#N)c2)C(=O)NC1O/N=C/c1ccco1. The number of halogens is 1. The number of amides is 4. The van der Waals surface area contributed by atoms with E-state index in [4.69, 9.17) is 18.7 Å². The average molecular weight is 621 g/mol. The summed E-state index contributed by atoms with van der Waals surface area (Å²) in [5, 5.41) is 14.6. The van der Waals surface area contributed by atoms with Gasteiger partial charge in [-0.2, -0.15) is 15.1 Å². The lowest BCUT2D eigenvalue weighted by Crippen LogP contribution is -2.72. The van der Waals surface area contributed by atoms with Gasteiger partial charge in [0.25, 0.3) is 18.0 Å². The van der Waals surface area contributed by atoms with Crippen molar-refractivity contribution in [1.82, 2.24) is 15.2 Å². The van der Waals surface area contributed by atoms with E-state index in [0.29, 0.717) is 0 Å². The van der Waals surface area contributed by atoms with Gasteiger partial charge < -0.3 is 23.5 Å². The number of hydrogen-bond acceptors (Lipinski definition) is 14. The number of urea groups is 1. The molecule has 1 fully saturated rings. The van der Waals surface area contributed by atoms with Crippen LogP contribution in [0.25, 0.3) is 0 Å². The molecule has 0 bridgehead atoms. The highest BCUT2D eigenvalue weighted by molar-refractivity contribution is 6.24. The van der Waals surface area contributed by atoms with Crippen LogP contribution in [0.4, 0.5) is 9.18 Å². The number of carbonyl (C=O) groups is 6. The van der Waals surface area contributed by atoms with Crippen molar-refractivity contribution in [3.8, 4) is 17.8 Å². The maximum absolute atomic E-state index is 16.2. The molecule has 0 radical (unpaired) electrons. The van der Waals surface area contributed by atoms with Crippen molar-refractivity contribution < 1.29 is 56.6 Å². The van der Waals surface area contributed by atoms with E-state index in [0.717, 1.165) is 25.3 Å². The number of nitriles is 1. The van der Waals surface area contributed by atoms with Crippen LogP contribution in [0.15, 0.2) is 64.4 Å². The molecule has 3 aromatic rings. The van der Waals surface area contributed by atoms with E-state index in [9.17, 15) is 34.0 Å². The van der Waals surface area contributed by atoms with Crippen molar-refractivity contribution >= 4 is 42.0 Å². The van der Waals surface area contributed by atoms with Crippen LogP contribution in [0.5, 0.6) is 11.8 Å². The van der Waals surface area contributed by atoms with E-state index in [1.807, 2.05) is 5.32 Å². The number of imide groups is 3. The third kappa shape index (κ3) is 6.64. The Morgan fingerprint density at radius 3 is 2.58 bits per heavy atom. The van der Waals surface area contributed by atoms with Crippen LogP contribution in [-0.4, -0.2) is 70.4 Å². The van der Waals surface area contributed by atoms with E-state index in [1.54, 1.807) is 6.07 Å². The number of esters is 3. The molecule has 1 aliphatic heterocycles. The molecule has 17 heteroatoms. The fourth-order valence-electron chi connectivity index (χ4n) is 3.71. The van der Waals surface area contributed by atoms with Gasteiger partial charge in [0, 0.05) is 18.6 Å². The molecule has 0 spiro atoms. The van der Waals surface area contributed by atoms with Crippen molar-refractivity contribution in [2.45, 2.75) is 25.7 Å². The molecule has 3 heterocycles. The van der Waals surface area contributed by atoms with Crippen LogP contribution >= 0.6 is 0 Å². The molecule has 230 valence electrons. The fourth-order valence-corrected chi connectivity index (χ4v) is 3.71. The van der Waals surface area contributed by atoms with Crippen LogP contribution in [-0.2, 0) is 24.0 Å². The van der Waals surface area contributed by atoms with Crippen LogP contribution < -0.4 is 14.8 Å². The predicted octanol–water partition coefficient (Wildman–Crippen LogP) is 2.03. The first-order valence-corrected chi connectivity index (χ1v) is 12.7. The summed E-state index contributed by atoms with van der Waals surface area (Å²) in [5.74, 6) is -7.70. The van der Waals surface area contributed by atoms with Gasteiger partial charge in [0.2, 0.25) is 11.8 Å². The topological polar surface area (TPSA) is 217 Å². The summed E-state index contributed by atoms with van der Waals surface area (Å²) in [4.78, 5) is 84.7. The standard InChI is InChI=1S/C28H20FN5O11/c1-3-41-26(39)28(29)24(45-31-14-19-8-5-11-42-19)33-27(40)34(25(28)38)22(36)16-6-4-7-17(12-16)23(37)44-21-18(13-30)9-10-20(32-21)43-15(2)35/h4-12,14,24H,3H2,1-2H3,(H,33,40)/b31-14+. The number of oxime groups is 1. The molecule has 1 saturated heterocycles. The van der Waals surface area contributed by atoms with Crippen molar-refractivity contribution in [2.24, 2.45) is 5.16 Å². The van der Waals surface area contributed by atoms with E-state index in [-0.39, 0.29) is 34.3 Å². The number of nitrogens with zero attached hydrogens (tertiary/aromatic N) is 4. The third-order valence-corrected chi connectivity index (χ3v) is 5.74. The second-order valence-corrected chi connectivity index (χ2v) is 8.74. The number of carbonyl (C=O) groups excluding carboxylic acids is 6. The molecular weight excluding hydrogens is 601 g/mol. The zero-order valence-electron chi connectivity index (χ0n) is 23.2. The normalized spacial score (nSPS) is 17.6. The second-order valence-electron chi connectivity index (χ2n) is 8.74. The Balaban J connectivity index is 1.59. The van der Waals surface area contributed by atoms with E-state index >= 15 is 4.39 Å². The molecule has 1 N–H and O–H groups in total. The maximum Gasteiger partial charge on any atom is 0.360 e. The Labute approximate surface area is 251 Å².